The lowest BCUT2D eigenvalue weighted by molar-refractivity contribution is -0.132. The van der Waals surface area contributed by atoms with E-state index in [1.807, 2.05) is 4.90 Å². The number of carbonyl (C=O) groups is 1. The fourth-order valence-electron chi connectivity index (χ4n) is 2.73. The van der Waals surface area contributed by atoms with Crippen LogP contribution in [0.15, 0.2) is 0 Å². The van der Waals surface area contributed by atoms with Crippen LogP contribution in [0.3, 0.4) is 0 Å². The van der Waals surface area contributed by atoms with Crippen LogP contribution in [0, 0.1) is 11.8 Å². The number of hydrogen-bond donors (Lipinski definition) is 2. The topological polar surface area (TPSA) is 66.6 Å². The zero-order valence-electron chi connectivity index (χ0n) is 10.2. The molecule has 0 aromatic rings. The third-order valence-corrected chi connectivity index (χ3v) is 4.97. The molecule has 1 saturated carbocycles. The van der Waals surface area contributed by atoms with Gasteiger partial charge in [-0.25, -0.2) is 0 Å². The highest BCUT2D eigenvalue weighted by atomic mass is 32.2. The van der Waals surface area contributed by atoms with Gasteiger partial charge in [0.25, 0.3) is 0 Å². The second kappa shape index (κ2) is 6.07. The van der Waals surface area contributed by atoms with Gasteiger partial charge in [0.15, 0.2) is 0 Å². The molecule has 0 bridgehead atoms. The Balaban J connectivity index is 1.83. The molecule has 1 atom stereocenters. The lowest BCUT2D eigenvalue weighted by Crippen LogP contribution is -2.47. The number of hydrogen-bond acceptors (Lipinski definition) is 4. The Morgan fingerprint density at radius 3 is 2.65 bits per heavy atom. The van der Waals surface area contributed by atoms with Gasteiger partial charge in [-0.2, -0.15) is 0 Å². The molecule has 1 aliphatic carbocycles. The molecule has 4 nitrogen and oxygen atoms in total. The van der Waals surface area contributed by atoms with E-state index in [2.05, 4.69) is 0 Å². The highest BCUT2D eigenvalue weighted by molar-refractivity contribution is 7.99. The number of aliphatic hydroxyl groups is 1. The maximum absolute atomic E-state index is 12.1. The third kappa shape index (κ3) is 3.14. The van der Waals surface area contributed by atoms with E-state index in [0.29, 0.717) is 11.8 Å². The molecule has 2 rings (SSSR count). The Labute approximate surface area is 107 Å². The first-order chi connectivity index (χ1) is 8.22. The molecular weight excluding hydrogens is 236 g/mol. The van der Waals surface area contributed by atoms with Gasteiger partial charge < -0.3 is 15.7 Å². The van der Waals surface area contributed by atoms with Gasteiger partial charge >= 0.3 is 0 Å². The molecule has 1 heterocycles. The van der Waals surface area contributed by atoms with Gasteiger partial charge in [0.2, 0.25) is 5.91 Å². The van der Waals surface area contributed by atoms with Gasteiger partial charge in [0, 0.05) is 18.9 Å². The van der Waals surface area contributed by atoms with Crippen LogP contribution < -0.4 is 5.73 Å². The van der Waals surface area contributed by atoms with E-state index < -0.39 is 0 Å². The summed E-state index contributed by atoms with van der Waals surface area (Å²) in [4.78, 5) is 14.0. The summed E-state index contributed by atoms with van der Waals surface area (Å²) in [5, 5.41) is 9.09. The van der Waals surface area contributed by atoms with E-state index in [0.717, 1.165) is 43.9 Å². The van der Waals surface area contributed by atoms with Crippen LogP contribution in [0.1, 0.15) is 25.7 Å². The third-order valence-electron chi connectivity index (χ3n) is 4.01. The van der Waals surface area contributed by atoms with E-state index in [9.17, 15) is 4.79 Å². The summed E-state index contributed by atoms with van der Waals surface area (Å²) < 4.78 is 0. The van der Waals surface area contributed by atoms with Crippen LogP contribution >= 0.6 is 11.8 Å². The molecule has 17 heavy (non-hydrogen) atoms. The SMILES string of the molecule is NC(C(=O)N1CCSC1)C1CCC(CO)CC1. The number of carbonyl (C=O) groups excluding carboxylic acids is 1. The summed E-state index contributed by atoms with van der Waals surface area (Å²) in [5.74, 6) is 2.71. The highest BCUT2D eigenvalue weighted by Gasteiger charge is 2.32. The maximum Gasteiger partial charge on any atom is 0.240 e. The van der Waals surface area contributed by atoms with Crippen molar-refractivity contribution in [2.45, 2.75) is 31.7 Å². The summed E-state index contributed by atoms with van der Waals surface area (Å²) in [6.07, 6.45) is 3.99. The smallest absolute Gasteiger partial charge is 0.240 e. The molecule has 3 N–H and O–H groups in total. The van der Waals surface area contributed by atoms with Gasteiger partial charge in [-0.05, 0) is 37.5 Å². The minimum Gasteiger partial charge on any atom is -0.396 e. The van der Waals surface area contributed by atoms with Crippen molar-refractivity contribution in [3.63, 3.8) is 0 Å². The Kier molecular flexibility index (Phi) is 4.70. The number of aliphatic hydroxyl groups excluding tert-OH is 1. The lowest BCUT2D eigenvalue weighted by atomic mass is 9.78. The average molecular weight is 258 g/mol. The Morgan fingerprint density at radius 2 is 2.12 bits per heavy atom. The zero-order chi connectivity index (χ0) is 12.3. The van der Waals surface area contributed by atoms with Crippen molar-refractivity contribution in [1.82, 2.24) is 4.90 Å². The fraction of sp³-hybridized carbons (Fsp3) is 0.917. The first-order valence-electron chi connectivity index (χ1n) is 6.45. The molecule has 1 amide bonds. The zero-order valence-corrected chi connectivity index (χ0v) is 11.0. The van der Waals surface area contributed by atoms with Crippen molar-refractivity contribution < 1.29 is 9.90 Å². The summed E-state index contributed by atoms with van der Waals surface area (Å²) in [6.45, 7) is 1.13. The van der Waals surface area contributed by atoms with Crippen LogP contribution in [0.5, 0.6) is 0 Å². The first-order valence-corrected chi connectivity index (χ1v) is 7.61. The van der Waals surface area contributed by atoms with Gasteiger partial charge in [-0.15, -0.1) is 11.8 Å². The Bertz CT molecular complexity index is 261. The van der Waals surface area contributed by atoms with E-state index in [4.69, 9.17) is 10.8 Å². The van der Waals surface area contributed by atoms with Crippen LogP contribution in [0.25, 0.3) is 0 Å². The maximum atomic E-state index is 12.1. The molecule has 1 aliphatic heterocycles. The number of nitrogens with zero attached hydrogens (tertiary/aromatic N) is 1. The normalized spacial score (nSPS) is 31.5. The van der Waals surface area contributed by atoms with Crippen LogP contribution in [-0.2, 0) is 4.79 Å². The molecule has 0 spiro atoms. The van der Waals surface area contributed by atoms with Crippen LogP contribution in [0.2, 0.25) is 0 Å². The Morgan fingerprint density at radius 1 is 1.41 bits per heavy atom. The molecule has 2 fully saturated rings. The standard InChI is InChI=1S/C12H22N2O2S/c13-11(12(16)14-5-6-17-8-14)10-3-1-9(7-15)2-4-10/h9-11,15H,1-8,13H2. The van der Waals surface area contributed by atoms with E-state index >= 15 is 0 Å². The van der Waals surface area contributed by atoms with Crippen molar-refractivity contribution in [3.8, 4) is 0 Å². The average Bonchev–Trinajstić information content (AvgIpc) is 2.91. The van der Waals surface area contributed by atoms with Crippen molar-refractivity contribution >= 4 is 17.7 Å². The van der Waals surface area contributed by atoms with E-state index in [1.165, 1.54) is 0 Å². The van der Waals surface area contributed by atoms with Gasteiger partial charge in [-0.3, -0.25) is 4.79 Å². The number of rotatable bonds is 3. The quantitative estimate of drug-likeness (QED) is 0.780. The Hall–Kier alpha value is -0.260. The fourth-order valence-corrected chi connectivity index (χ4v) is 3.69. The largest absolute Gasteiger partial charge is 0.396 e. The van der Waals surface area contributed by atoms with Crippen molar-refractivity contribution in [1.29, 1.82) is 0 Å². The molecular formula is C12H22N2O2S. The molecule has 0 aromatic carbocycles. The second-order valence-electron chi connectivity index (χ2n) is 5.13. The molecule has 5 heteroatoms. The molecule has 0 radical (unpaired) electrons. The number of nitrogens with two attached hydrogens (primary N) is 1. The minimum absolute atomic E-state index is 0.127. The van der Waals surface area contributed by atoms with Crippen molar-refractivity contribution in [2.24, 2.45) is 17.6 Å². The molecule has 1 saturated heterocycles. The highest BCUT2D eigenvalue weighted by Crippen LogP contribution is 2.31. The minimum atomic E-state index is -0.326. The van der Waals surface area contributed by atoms with Gasteiger partial charge in [-0.1, -0.05) is 0 Å². The molecule has 2 aliphatic rings. The monoisotopic (exact) mass is 258 g/mol. The molecule has 98 valence electrons. The molecule has 1 unspecified atom stereocenters. The predicted molar refractivity (Wildman–Crippen MR) is 69.5 cm³/mol. The van der Waals surface area contributed by atoms with Gasteiger partial charge in [0.1, 0.15) is 0 Å². The second-order valence-corrected chi connectivity index (χ2v) is 6.20. The predicted octanol–water partition coefficient (Wildman–Crippen LogP) is 0.645. The number of amides is 1. The number of thioether (sulfide) groups is 1. The van der Waals surface area contributed by atoms with Crippen LogP contribution in [-0.4, -0.2) is 46.7 Å². The lowest BCUT2D eigenvalue weighted by Gasteiger charge is -2.32. The summed E-state index contributed by atoms with van der Waals surface area (Å²) >= 11 is 1.80. The van der Waals surface area contributed by atoms with E-state index in [1.54, 1.807) is 11.8 Å². The van der Waals surface area contributed by atoms with Crippen LogP contribution in [0.4, 0.5) is 0 Å². The molecule has 0 aromatic heterocycles. The van der Waals surface area contributed by atoms with E-state index in [-0.39, 0.29) is 18.6 Å². The summed E-state index contributed by atoms with van der Waals surface area (Å²) in [5.41, 5.74) is 6.10. The van der Waals surface area contributed by atoms with Crippen molar-refractivity contribution in [3.05, 3.63) is 0 Å². The summed E-state index contributed by atoms with van der Waals surface area (Å²) in [6, 6.07) is -0.326. The first kappa shape index (κ1) is 13.2. The van der Waals surface area contributed by atoms with Gasteiger partial charge in [0.05, 0.1) is 11.9 Å². The summed E-state index contributed by atoms with van der Waals surface area (Å²) in [7, 11) is 0. The van der Waals surface area contributed by atoms with Crippen molar-refractivity contribution in [2.75, 3.05) is 24.8 Å².